The number of hydrogen-bond acceptors (Lipinski definition) is 3. The van der Waals surface area contributed by atoms with Gasteiger partial charge in [0.05, 0.1) is 6.54 Å². The lowest BCUT2D eigenvalue weighted by atomic mass is 10.2. The molecule has 1 fully saturated rings. The van der Waals surface area contributed by atoms with Crippen molar-refractivity contribution in [3.8, 4) is 0 Å². The van der Waals surface area contributed by atoms with Gasteiger partial charge in [-0.3, -0.25) is 4.99 Å². The second-order valence-corrected chi connectivity index (χ2v) is 7.02. The van der Waals surface area contributed by atoms with Gasteiger partial charge in [0.15, 0.2) is 5.96 Å². The molecule has 0 saturated carbocycles. The van der Waals surface area contributed by atoms with E-state index >= 15 is 0 Å². The maximum absolute atomic E-state index is 4.44. The molecule has 0 radical (unpaired) electrons. The van der Waals surface area contributed by atoms with Crippen LogP contribution in [0.25, 0.3) is 0 Å². The zero-order valence-corrected chi connectivity index (χ0v) is 14.1. The van der Waals surface area contributed by atoms with E-state index in [1.165, 1.54) is 24.3 Å². The molecule has 0 amide bonds. The van der Waals surface area contributed by atoms with Crippen molar-refractivity contribution < 1.29 is 0 Å². The minimum atomic E-state index is 0.533. The quantitative estimate of drug-likeness (QED) is 0.646. The molecule has 1 saturated heterocycles. The van der Waals surface area contributed by atoms with Crippen LogP contribution in [0, 0.1) is 5.92 Å². The van der Waals surface area contributed by atoms with Crippen molar-refractivity contribution in [1.29, 1.82) is 0 Å². The molecule has 1 unspecified atom stereocenters. The number of nitrogens with one attached hydrogen (secondary N) is 2. The number of thioether (sulfide) groups is 1. The Hall–Kier alpha value is -1.17. The van der Waals surface area contributed by atoms with Gasteiger partial charge in [-0.05, 0) is 24.5 Å². The molecule has 21 heavy (non-hydrogen) atoms. The smallest absolute Gasteiger partial charge is 0.191 e. The van der Waals surface area contributed by atoms with E-state index in [0.717, 1.165) is 18.3 Å². The van der Waals surface area contributed by atoms with Crippen LogP contribution >= 0.6 is 11.8 Å². The van der Waals surface area contributed by atoms with Crippen molar-refractivity contribution in [2.45, 2.75) is 45.8 Å². The summed E-state index contributed by atoms with van der Waals surface area (Å²) in [4.78, 5) is 8.76. The summed E-state index contributed by atoms with van der Waals surface area (Å²) in [6.07, 6.45) is 6.44. The molecule has 2 N–H and O–H groups in total. The van der Waals surface area contributed by atoms with Gasteiger partial charge >= 0.3 is 0 Å². The molecule has 1 atom stereocenters. The van der Waals surface area contributed by atoms with Crippen LogP contribution in [0.3, 0.4) is 0 Å². The molecule has 1 aromatic rings. The Kier molecular flexibility index (Phi) is 6.42. The molecule has 0 spiro atoms. The Balaban J connectivity index is 1.84. The molecule has 0 bridgehead atoms. The zero-order chi connectivity index (χ0) is 15.1. The van der Waals surface area contributed by atoms with Gasteiger partial charge in [-0.15, -0.1) is 0 Å². The third kappa shape index (κ3) is 5.26. The summed E-state index contributed by atoms with van der Waals surface area (Å²) in [6, 6.07) is 0.533. The molecule has 118 valence electrons. The Bertz CT molecular complexity index is 449. The molecule has 0 aromatic carbocycles. The van der Waals surface area contributed by atoms with Crippen LogP contribution in [-0.4, -0.2) is 40.1 Å². The Morgan fingerprint density at radius 3 is 3.10 bits per heavy atom. The van der Waals surface area contributed by atoms with Gasteiger partial charge in [0, 0.05) is 37.8 Å². The molecule has 1 aliphatic rings. The van der Waals surface area contributed by atoms with Crippen LogP contribution in [0.5, 0.6) is 0 Å². The summed E-state index contributed by atoms with van der Waals surface area (Å²) in [5, 5.41) is 6.89. The summed E-state index contributed by atoms with van der Waals surface area (Å²) < 4.78 is 2.21. The van der Waals surface area contributed by atoms with Crippen molar-refractivity contribution in [1.82, 2.24) is 20.2 Å². The third-order valence-electron chi connectivity index (χ3n) is 3.50. The summed E-state index contributed by atoms with van der Waals surface area (Å²) in [7, 11) is 1.83. The van der Waals surface area contributed by atoms with Gasteiger partial charge in [0.2, 0.25) is 0 Å². The number of guanidine groups is 1. The predicted octanol–water partition coefficient (Wildman–Crippen LogP) is 2.10. The second kappa shape index (κ2) is 8.32. The number of imidazole rings is 1. The van der Waals surface area contributed by atoms with E-state index < -0.39 is 0 Å². The van der Waals surface area contributed by atoms with E-state index in [1.807, 2.05) is 31.2 Å². The Labute approximate surface area is 132 Å². The van der Waals surface area contributed by atoms with Gasteiger partial charge in [-0.2, -0.15) is 11.8 Å². The summed E-state index contributed by atoms with van der Waals surface area (Å²) in [5.74, 6) is 5.01. The minimum Gasteiger partial charge on any atom is -0.353 e. The lowest BCUT2D eigenvalue weighted by Gasteiger charge is -2.24. The first-order chi connectivity index (χ1) is 10.2. The second-order valence-electron chi connectivity index (χ2n) is 5.87. The molecule has 1 aliphatic heterocycles. The molecule has 6 heteroatoms. The van der Waals surface area contributed by atoms with Gasteiger partial charge < -0.3 is 15.2 Å². The van der Waals surface area contributed by atoms with Crippen molar-refractivity contribution in [3.63, 3.8) is 0 Å². The van der Waals surface area contributed by atoms with Crippen LogP contribution < -0.4 is 10.6 Å². The number of nitrogens with zero attached hydrogens (tertiary/aromatic N) is 3. The minimum absolute atomic E-state index is 0.533. The standard InChI is InChI=1S/C15H27N5S/c1-12(2)10-20-7-6-17-14(20)9-18-15(16-3)19-13-5-4-8-21-11-13/h6-7,12-13H,4-5,8-11H2,1-3H3,(H2,16,18,19). The van der Waals surface area contributed by atoms with Gasteiger partial charge in [-0.25, -0.2) is 4.98 Å². The zero-order valence-electron chi connectivity index (χ0n) is 13.3. The van der Waals surface area contributed by atoms with Gasteiger partial charge in [-0.1, -0.05) is 13.8 Å². The van der Waals surface area contributed by atoms with E-state index in [9.17, 15) is 0 Å². The maximum atomic E-state index is 4.44. The fourth-order valence-electron chi connectivity index (χ4n) is 2.47. The van der Waals surface area contributed by atoms with Gasteiger partial charge in [0.25, 0.3) is 0 Å². The number of aliphatic imine (C=N–C) groups is 1. The van der Waals surface area contributed by atoms with Crippen LogP contribution in [0.4, 0.5) is 0 Å². The molecular weight excluding hydrogens is 282 g/mol. The molecule has 2 heterocycles. The van der Waals surface area contributed by atoms with Crippen LogP contribution in [-0.2, 0) is 13.1 Å². The predicted molar refractivity (Wildman–Crippen MR) is 90.7 cm³/mol. The molecular formula is C15H27N5S. The Morgan fingerprint density at radius 1 is 1.57 bits per heavy atom. The highest BCUT2D eigenvalue weighted by molar-refractivity contribution is 7.99. The van der Waals surface area contributed by atoms with Crippen LogP contribution in [0.15, 0.2) is 17.4 Å². The van der Waals surface area contributed by atoms with Crippen LogP contribution in [0.2, 0.25) is 0 Å². The average Bonchev–Trinajstić information content (AvgIpc) is 2.91. The van der Waals surface area contributed by atoms with Crippen LogP contribution in [0.1, 0.15) is 32.5 Å². The van der Waals surface area contributed by atoms with Crippen molar-refractivity contribution in [2.24, 2.45) is 10.9 Å². The van der Waals surface area contributed by atoms with E-state index in [-0.39, 0.29) is 0 Å². The van der Waals surface area contributed by atoms with E-state index in [1.54, 1.807) is 0 Å². The first kappa shape index (κ1) is 16.2. The summed E-state index contributed by atoms with van der Waals surface area (Å²) in [6.45, 7) is 6.15. The molecule has 0 aliphatic carbocycles. The lowest BCUT2D eigenvalue weighted by molar-refractivity contribution is 0.502. The highest BCUT2D eigenvalue weighted by atomic mass is 32.2. The molecule has 5 nitrogen and oxygen atoms in total. The monoisotopic (exact) mass is 309 g/mol. The first-order valence-corrected chi connectivity index (χ1v) is 8.89. The van der Waals surface area contributed by atoms with Crippen molar-refractivity contribution in [3.05, 3.63) is 18.2 Å². The van der Waals surface area contributed by atoms with Crippen molar-refractivity contribution >= 4 is 17.7 Å². The number of hydrogen-bond donors (Lipinski definition) is 2. The maximum Gasteiger partial charge on any atom is 0.191 e. The van der Waals surface area contributed by atoms with Crippen molar-refractivity contribution in [2.75, 3.05) is 18.6 Å². The normalized spacial score (nSPS) is 19.8. The number of rotatable bonds is 5. The highest BCUT2D eigenvalue weighted by Gasteiger charge is 2.15. The lowest BCUT2D eigenvalue weighted by Crippen LogP contribution is -2.45. The molecule has 1 aromatic heterocycles. The average molecular weight is 309 g/mol. The van der Waals surface area contributed by atoms with E-state index in [4.69, 9.17) is 0 Å². The number of aromatic nitrogens is 2. The summed E-state index contributed by atoms with van der Waals surface area (Å²) in [5.41, 5.74) is 0. The molecule has 2 rings (SSSR count). The Morgan fingerprint density at radius 2 is 2.43 bits per heavy atom. The largest absolute Gasteiger partial charge is 0.353 e. The fourth-order valence-corrected chi connectivity index (χ4v) is 3.54. The fraction of sp³-hybridized carbons (Fsp3) is 0.733. The van der Waals surface area contributed by atoms with Gasteiger partial charge in [0.1, 0.15) is 5.82 Å². The highest BCUT2D eigenvalue weighted by Crippen LogP contribution is 2.16. The summed E-state index contributed by atoms with van der Waals surface area (Å²) >= 11 is 2.02. The first-order valence-electron chi connectivity index (χ1n) is 7.74. The third-order valence-corrected chi connectivity index (χ3v) is 4.72. The van der Waals surface area contributed by atoms with E-state index in [2.05, 4.69) is 39.0 Å². The SMILES string of the molecule is CN=C(NCc1nccn1CC(C)C)NC1CCCSC1. The van der Waals surface area contributed by atoms with E-state index in [0.29, 0.717) is 18.5 Å². The topological polar surface area (TPSA) is 54.2 Å².